The molecule has 0 fully saturated rings. The maximum absolute atomic E-state index is 11.2. The number of carbonyl (C=O) groups is 1. The van der Waals surface area contributed by atoms with Crippen molar-refractivity contribution in [1.82, 2.24) is 15.3 Å². The van der Waals surface area contributed by atoms with Crippen LogP contribution in [0.2, 0.25) is 0 Å². The summed E-state index contributed by atoms with van der Waals surface area (Å²) >= 11 is 5.47. The van der Waals surface area contributed by atoms with Crippen LogP contribution in [0.5, 0.6) is 0 Å². The molecular formula is C13H16ClN3O. The van der Waals surface area contributed by atoms with E-state index in [1.807, 2.05) is 12.1 Å². The molecule has 0 saturated heterocycles. The van der Waals surface area contributed by atoms with E-state index in [0.29, 0.717) is 6.54 Å². The molecule has 5 heteroatoms. The summed E-state index contributed by atoms with van der Waals surface area (Å²) in [6.07, 6.45) is 1.68. The summed E-state index contributed by atoms with van der Waals surface area (Å²) in [4.78, 5) is 18.5. The molecule has 2 N–H and O–H groups in total. The summed E-state index contributed by atoms with van der Waals surface area (Å²) in [6.45, 7) is 4.72. The number of halogens is 1. The molecular weight excluding hydrogens is 250 g/mol. The number of rotatable bonds is 4. The van der Waals surface area contributed by atoms with Crippen molar-refractivity contribution in [3.05, 3.63) is 30.1 Å². The highest BCUT2D eigenvalue weighted by atomic mass is 35.5. The fourth-order valence-electron chi connectivity index (χ4n) is 1.83. The summed E-state index contributed by atoms with van der Waals surface area (Å²) in [7, 11) is 0. The molecule has 0 bridgehead atoms. The number of fused-ring (bicyclic) bond motifs is 1. The molecule has 1 heterocycles. The molecule has 4 nitrogen and oxygen atoms in total. The lowest BCUT2D eigenvalue weighted by Gasteiger charge is -2.25. The molecule has 2 rings (SSSR count). The van der Waals surface area contributed by atoms with Crippen molar-refractivity contribution in [2.75, 3.05) is 12.4 Å². The van der Waals surface area contributed by atoms with E-state index in [9.17, 15) is 4.79 Å². The number of nitrogens with zero attached hydrogens (tertiary/aromatic N) is 1. The third-order valence-electron chi connectivity index (χ3n) is 3.05. The van der Waals surface area contributed by atoms with Gasteiger partial charge in [-0.05, 0) is 17.7 Å². The zero-order chi connectivity index (χ0) is 13.2. The number of benzene rings is 1. The van der Waals surface area contributed by atoms with Gasteiger partial charge in [0, 0.05) is 12.0 Å². The Balaban J connectivity index is 2.19. The van der Waals surface area contributed by atoms with Crippen LogP contribution in [0, 0.1) is 0 Å². The number of nitrogens with one attached hydrogen (secondary N) is 2. The summed E-state index contributed by atoms with van der Waals surface area (Å²) < 4.78 is 0. The van der Waals surface area contributed by atoms with Crippen LogP contribution in [0.1, 0.15) is 19.4 Å². The predicted molar refractivity (Wildman–Crippen MR) is 72.8 cm³/mol. The smallest absolute Gasteiger partial charge is 0.234 e. The molecule has 18 heavy (non-hydrogen) atoms. The second kappa shape index (κ2) is 4.98. The molecule has 0 aliphatic heterocycles. The molecule has 0 unspecified atom stereocenters. The third kappa shape index (κ3) is 2.64. The molecule has 0 aliphatic carbocycles. The molecule has 1 aromatic heterocycles. The number of imidazole rings is 1. The van der Waals surface area contributed by atoms with E-state index in [4.69, 9.17) is 11.6 Å². The molecule has 0 radical (unpaired) electrons. The first-order valence-electron chi connectivity index (χ1n) is 5.79. The van der Waals surface area contributed by atoms with Gasteiger partial charge in [-0.2, -0.15) is 0 Å². The maximum atomic E-state index is 11.2. The van der Waals surface area contributed by atoms with Gasteiger partial charge in [0.2, 0.25) is 5.91 Å². The fraction of sp³-hybridized carbons (Fsp3) is 0.385. The number of alkyl halides is 1. The lowest BCUT2D eigenvalue weighted by Crippen LogP contribution is -2.37. The van der Waals surface area contributed by atoms with Crippen LogP contribution < -0.4 is 5.32 Å². The molecule has 0 atom stereocenters. The second-order valence-corrected chi connectivity index (χ2v) is 5.20. The quantitative estimate of drug-likeness (QED) is 0.833. The average Bonchev–Trinajstić information content (AvgIpc) is 2.83. The third-order valence-corrected chi connectivity index (χ3v) is 3.29. The molecule has 1 aromatic carbocycles. The van der Waals surface area contributed by atoms with E-state index in [2.05, 4.69) is 35.2 Å². The van der Waals surface area contributed by atoms with Crippen LogP contribution in [0.3, 0.4) is 0 Å². The number of aromatic amines is 1. The Bertz CT molecular complexity index is 562. The zero-order valence-electron chi connectivity index (χ0n) is 10.5. The zero-order valence-corrected chi connectivity index (χ0v) is 11.2. The van der Waals surface area contributed by atoms with Gasteiger partial charge in [0.1, 0.15) is 5.88 Å². The number of hydrogen-bond donors (Lipinski definition) is 2. The van der Waals surface area contributed by atoms with E-state index >= 15 is 0 Å². The van der Waals surface area contributed by atoms with Crippen molar-refractivity contribution < 1.29 is 4.79 Å². The highest BCUT2D eigenvalue weighted by Crippen LogP contribution is 2.24. The van der Waals surface area contributed by atoms with Gasteiger partial charge in [-0.25, -0.2) is 4.98 Å². The highest BCUT2D eigenvalue weighted by Gasteiger charge is 2.21. The Morgan fingerprint density at radius 3 is 3.00 bits per heavy atom. The Kier molecular flexibility index (Phi) is 3.57. The Hall–Kier alpha value is -1.55. The Morgan fingerprint density at radius 1 is 1.50 bits per heavy atom. The number of aromatic nitrogens is 2. The van der Waals surface area contributed by atoms with Crippen molar-refractivity contribution in [1.29, 1.82) is 0 Å². The molecule has 2 aromatic rings. The van der Waals surface area contributed by atoms with Crippen molar-refractivity contribution >= 4 is 28.5 Å². The fourth-order valence-corrected chi connectivity index (χ4v) is 1.92. The Morgan fingerprint density at radius 2 is 2.28 bits per heavy atom. The topological polar surface area (TPSA) is 57.8 Å². The monoisotopic (exact) mass is 265 g/mol. The van der Waals surface area contributed by atoms with E-state index in [-0.39, 0.29) is 17.2 Å². The van der Waals surface area contributed by atoms with Gasteiger partial charge in [-0.3, -0.25) is 4.79 Å². The molecule has 0 aliphatic rings. The van der Waals surface area contributed by atoms with Gasteiger partial charge in [0.05, 0.1) is 17.4 Å². The molecule has 1 amide bonds. The second-order valence-electron chi connectivity index (χ2n) is 4.93. The molecule has 96 valence electrons. The predicted octanol–water partition coefficient (Wildman–Crippen LogP) is 2.20. The minimum Gasteiger partial charge on any atom is -0.354 e. The van der Waals surface area contributed by atoms with Crippen molar-refractivity contribution in [3.63, 3.8) is 0 Å². The lowest BCUT2D eigenvalue weighted by molar-refractivity contribution is -0.118. The van der Waals surface area contributed by atoms with E-state index < -0.39 is 0 Å². The van der Waals surface area contributed by atoms with Gasteiger partial charge in [-0.1, -0.05) is 19.9 Å². The SMILES string of the molecule is CC(C)(CNC(=O)CCl)c1ccc2nc[nH]c2c1. The van der Waals surface area contributed by atoms with Crippen molar-refractivity contribution in [2.24, 2.45) is 0 Å². The number of carbonyl (C=O) groups excluding carboxylic acids is 1. The summed E-state index contributed by atoms with van der Waals surface area (Å²) in [5.74, 6) is -0.150. The van der Waals surface area contributed by atoms with Crippen molar-refractivity contribution in [3.8, 4) is 0 Å². The van der Waals surface area contributed by atoms with E-state index in [0.717, 1.165) is 16.6 Å². The lowest BCUT2D eigenvalue weighted by atomic mass is 9.84. The number of hydrogen-bond acceptors (Lipinski definition) is 2. The van der Waals surface area contributed by atoms with E-state index in [1.165, 1.54) is 0 Å². The Labute approximate surface area is 111 Å². The largest absolute Gasteiger partial charge is 0.354 e. The average molecular weight is 266 g/mol. The minimum absolute atomic E-state index is 0.00430. The number of amides is 1. The normalized spacial score (nSPS) is 11.7. The minimum atomic E-state index is -0.152. The van der Waals surface area contributed by atoms with Crippen LogP contribution in [0.15, 0.2) is 24.5 Å². The maximum Gasteiger partial charge on any atom is 0.234 e. The summed E-state index contributed by atoms with van der Waals surface area (Å²) in [6, 6.07) is 6.08. The van der Waals surface area contributed by atoms with Gasteiger partial charge in [-0.15, -0.1) is 11.6 Å². The first-order valence-corrected chi connectivity index (χ1v) is 6.33. The first kappa shape index (κ1) is 12.9. The van der Waals surface area contributed by atoms with Crippen LogP contribution in [-0.4, -0.2) is 28.3 Å². The summed E-state index contributed by atoms with van der Waals surface area (Å²) in [5.41, 5.74) is 2.94. The van der Waals surface area contributed by atoms with Crippen molar-refractivity contribution in [2.45, 2.75) is 19.3 Å². The van der Waals surface area contributed by atoms with Gasteiger partial charge in [0.15, 0.2) is 0 Å². The van der Waals surface area contributed by atoms with Crippen LogP contribution >= 0.6 is 11.6 Å². The van der Waals surface area contributed by atoms with E-state index in [1.54, 1.807) is 6.33 Å². The van der Waals surface area contributed by atoms with Crippen LogP contribution in [0.4, 0.5) is 0 Å². The first-order chi connectivity index (χ1) is 8.53. The number of H-pyrrole nitrogens is 1. The molecule has 0 spiro atoms. The van der Waals surface area contributed by atoms with Gasteiger partial charge >= 0.3 is 0 Å². The standard InChI is InChI=1S/C13H16ClN3O/c1-13(2,7-15-12(18)6-14)9-3-4-10-11(5-9)17-8-16-10/h3-5,8H,6-7H2,1-2H3,(H,15,18)(H,16,17). The van der Waals surface area contributed by atoms with Crippen LogP contribution in [0.25, 0.3) is 11.0 Å². The summed E-state index contributed by atoms with van der Waals surface area (Å²) in [5, 5.41) is 2.82. The van der Waals surface area contributed by atoms with Crippen LogP contribution in [-0.2, 0) is 10.2 Å². The molecule has 0 saturated carbocycles. The van der Waals surface area contributed by atoms with Gasteiger partial charge < -0.3 is 10.3 Å². The van der Waals surface area contributed by atoms with Gasteiger partial charge in [0.25, 0.3) is 0 Å². The highest BCUT2D eigenvalue weighted by molar-refractivity contribution is 6.27.